The third-order valence-electron chi connectivity index (χ3n) is 10.8. The van der Waals surface area contributed by atoms with E-state index in [0.717, 1.165) is 49.8 Å². The van der Waals surface area contributed by atoms with Gasteiger partial charge in [-0.2, -0.15) is 0 Å². The molecule has 0 saturated carbocycles. The van der Waals surface area contributed by atoms with Crippen molar-refractivity contribution < 1.29 is 30.0 Å². The van der Waals surface area contributed by atoms with Gasteiger partial charge in [-0.25, -0.2) is 0 Å². The Bertz CT molecular complexity index is 1900. The second kappa shape index (κ2) is 17.7. The number of hydrogen-bond acceptors (Lipinski definition) is 3. The number of ketones is 1. The molecule has 50 heavy (non-hydrogen) atoms. The molecular weight excluding hydrogens is 791 g/mol. The number of aliphatic hydroxyl groups is 1. The maximum absolute atomic E-state index is 12.2. The molecule has 4 aromatic carbocycles. The predicted molar refractivity (Wildman–Crippen MR) is 211 cm³/mol. The molecule has 5 aromatic rings. The van der Waals surface area contributed by atoms with E-state index in [1.54, 1.807) is 0 Å². The average Bonchev–Trinajstić information content (AvgIpc) is 3.09. The van der Waals surface area contributed by atoms with Crippen molar-refractivity contribution in [3.63, 3.8) is 0 Å². The number of fused-ring (bicyclic) bond motifs is 5. The molecule has 1 radical (unpaired) electrons. The zero-order chi connectivity index (χ0) is 35.9. The first kappa shape index (κ1) is 41.1. The summed E-state index contributed by atoms with van der Waals surface area (Å²) in [6.45, 7) is 21.2. The smallest absolute Gasteiger partial charge is 0.164 e. The summed E-state index contributed by atoms with van der Waals surface area (Å²) in [6.07, 6.45) is 8.83. The number of allylic oxidation sites excluding steroid dienone is 2. The normalized spacial score (nSPS) is 12.4. The number of aliphatic hydroxyl groups excluding tert-OH is 1. The van der Waals surface area contributed by atoms with Crippen molar-refractivity contribution in [2.75, 3.05) is 0 Å². The number of rotatable bonds is 12. The molecule has 0 spiro atoms. The van der Waals surface area contributed by atoms with Crippen LogP contribution in [0, 0.1) is 28.7 Å². The Labute approximate surface area is 315 Å². The van der Waals surface area contributed by atoms with Crippen LogP contribution in [-0.4, -0.2) is 15.9 Å². The van der Waals surface area contributed by atoms with Crippen molar-refractivity contribution in [3.05, 3.63) is 102 Å². The molecule has 1 heterocycles. The van der Waals surface area contributed by atoms with E-state index in [9.17, 15) is 9.90 Å². The monoisotopic (exact) mass is 849 g/mol. The Hall–Kier alpha value is -3.33. The predicted octanol–water partition coefficient (Wildman–Crippen LogP) is 13.1. The van der Waals surface area contributed by atoms with Crippen LogP contribution in [0.5, 0.6) is 0 Å². The van der Waals surface area contributed by atoms with Crippen LogP contribution in [0.15, 0.2) is 84.8 Å². The van der Waals surface area contributed by atoms with E-state index in [1.807, 2.05) is 47.7 Å². The fourth-order valence-electron chi connectivity index (χ4n) is 6.61. The first-order chi connectivity index (χ1) is 23.3. The number of aromatic nitrogens is 1. The van der Waals surface area contributed by atoms with Crippen LogP contribution in [0.25, 0.3) is 43.6 Å². The van der Waals surface area contributed by atoms with Gasteiger partial charge < -0.3 is 10.1 Å². The summed E-state index contributed by atoms with van der Waals surface area (Å²) < 4.78 is 0. The van der Waals surface area contributed by atoms with Crippen molar-refractivity contribution in [2.24, 2.45) is 22.7 Å². The molecule has 0 saturated heterocycles. The van der Waals surface area contributed by atoms with Crippen LogP contribution in [0.2, 0.25) is 0 Å². The van der Waals surface area contributed by atoms with Gasteiger partial charge in [0.05, 0.1) is 0 Å². The molecule has 0 fully saturated rings. The Morgan fingerprint density at radius 3 is 1.92 bits per heavy atom. The van der Waals surface area contributed by atoms with E-state index < -0.39 is 0 Å². The third kappa shape index (κ3) is 9.31. The maximum atomic E-state index is 12.2. The molecule has 1 aromatic heterocycles. The minimum atomic E-state index is -0.337. The molecule has 0 aliphatic heterocycles. The Balaban J connectivity index is 0.000000323. The summed E-state index contributed by atoms with van der Waals surface area (Å²) in [5, 5.41) is 17.7. The van der Waals surface area contributed by atoms with Crippen LogP contribution in [-0.2, 0) is 37.7 Å². The van der Waals surface area contributed by atoms with Gasteiger partial charge in [0.15, 0.2) is 5.78 Å². The summed E-state index contributed by atoms with van der Waals surface area (Å²) in [5.74, 6) is 1.51. The topological polar surface area (TPSA) is 50.2 Å². The Morgan fingerprint density at radius 1 is 0.740 bits per heavy atom. The number of benzene rings is 4. The van der Waals surface area contributed by atoms with Crippen molar-refractivity contribution in [2.45, 2.75) is 108 Å². The molecule has 3 nitrogen and oxygen atoms in total. The molecule has 0 aliphatic carbocycles. The molecule has 0 aliphatic rings. The van der Waals surface area contributed by atoms with Gasteiger partial charge in [-0.15, -0.1) is 34.9 Å². The van der Waals surface area contributed by atoms with Crippen molar-refractivity contribution >= 4 is 38.1 Å². The second-order valence-corrected chi connectivity index (χ2v) is 15.3. The van der Waals surface area contributed by atoms with E-state index in [-0.39, 0.29) is 42.5 Å². The molecule has 0 bridgehead atoms. The molecule has 1 N–H and O–H groups in total. The molecule has 0 unspecified atom stereocenters. The van der Waals surface area contributed by atoms with Crippen LogP contribution in [0.4, 0.5) is 0 Å². The van der Waals surface area contributed by atoms with E-state index in [2.05, 4.69) is 100 Å². The molecule has 5 rings (SSSR count). The molecule has 0 amide bonds. The number of carbonyl (C=O) groups is 1. The molecular formula is C46H58IrNO2-. The Morgan fingerprint density at radius 2 is 1.30 bits per heavy atom. The molecule has 0 atom stereocenters. The quantitative estimate of drug-likeness (QED) is 0.0589. The minimum absolute atomic E-state index is 0. The van der Waals surface area contributed by atoms with Gasteiger partial charge >= 0.3 is 0 Å². The number of pyridine rings is 1. The summed E-state index contributed by atoms with van der Waals surface area (Å²) in [7, 11) is 0. The minimum Gasteiger partial charge on any atom is -0.512 e. The fourth-order valence-corrected chi connectivity index (χ4v) is 6.61. The van der Waals surface area contributed by atoms with E-state index in [1.165, 1.54) is 49.5 Å². The van der Waals surface area contributed by atoms with Crippen LogP contribution in [0.1, 0.15) is 106 Å². The van der Waals surface area contributed by atoms with Gasteiger partial charge in [0.1, 0.15) is 5.76 Å². The van der Waals surface area contributed by atoms with Crippen LogP contribution < -0.4 is 0 Å². The zero-order valence-corrected chi connectivity index (χ0v) is 34.4. The van der Waals surface area contributed by atoms with Crippen molar-refractivity contribution in [3.8, 4) is 11.3 Å². The van der Waals surface area contributed by atoms with Gasteiger partial charge in [0.2, 0.25) is 0 Å². The molecule has 4 heteroatoms. The van der Waals surface area contributed by atoms with Gasteiger partial charge in [-0.1, -0.05) is 118 Å². The van der Waals surface area contributed by atoms with Crippen LogP contribution >= 0.6 is 0 Å². The number of nitrogens with zero attached hydrogens (tertiary/aromatic N) is 1. The van der Waals surface area contributed by atoms with Crippen molar-refractivity contribution in [1.29, 1.82) is 0 Å². The van der Waals surface area contributed by atoms with E-state index in [0.29, 0.717) is 11.8 Å². The van der Waals surface area contributed by atoms with Gasteiger partial charge in [-0.05, 0) is 94.4 Å². The first-order valence-electron chi connectivity index (χ1n) is 18.5. The van der Waals surface area contributed by atoms with E-state index in [4.69, 9.17) is 4.98 Å². The van der Waals surface area contributed by atoms with Gasteiger partial charge in [0.25, 0.3) is 0 Å². The van der Waals surface area contributed by atoms with Crippen molar-refractivity contribution in [1.82, 2.24) is 4.98 Å². The number of carbonyl (C=O) groups excluding carboxylic acids is 1. The average molecular weight is 849 g/mol. The SMILES string of the molecule is CC(C)Cc1[c-]c(-c2nccc3c2ccc2c4ccccc4ccc32)cc(CC(C)C)c1.CCC(C)(CC)C(=O)/C=C(\O)C(C)(CC)CC.[Ir]. The zero-order valence-electron chi connectivity index (χ0n) is 32.0. The largest absolute Gasteiger partial charge is 0.512 e. The second-order valence-electron chi connectivity index (χ2n) is 15.3. The molecule has 269 valence electrons. The fraction of sp³-hybridized carbons (Fsp3) is 0.435. The summed E-state index contributed by atoms with van der Waals surface area (Å²) in [4.78, 5) is 17.0. The van der Waals surface area contributed by atoms with Gasteiger partial charge in [-0.3, -0.25) is 4.79 Å². The maximum Gasteiger partial charge on any atom is 0.164 e. The number of hydrogen-bond donors (Lipinski definition) is 1. The Kier molecular flexibility index (Phi) is 14.6. The summed E-state index contributed by atoms with van der Waals surface area (Å²) >= 11 is 0. The van der Waals surface area contributed by atoms with Crippen LogP contribution in [0.3, 0.4) is 0 Å². The summed E-state index contributed by atoms with van der Waals surface area (Å²) in [5.41, 5.74) is 4.22. The standard InChI is InChI=1S/C31H30N.C15H28O2.Ir/c1-20(2)15-22-17-23(16-21(3)4)19-25(18-22)31-30-12-11-27-26-8-6-5-7-24(26)9-10-28(27)29(30)13-14-32-31;1-7-14(5,8-2)12(16)11-13(17)15(6,9-3)10-4;/h5-14,17-18,20-21H,15-16H2,1-4H3;11,16H,7-10H2,1-6H3;/q-1;;/b;12-11-;. The third-order valence-corrected chi connectivity index (χ3v) is 10.8. The summed E-state index contributed by atoms with van der Waals surface area (Å²) in [6, 6.07) is 28.1. The van der Waals surface area contributed by atoms with Gasteiger partial charge in [0, 0.05) is 43.2 Å². The first-order valence-corrected chi connectivity index (χ1v) is 18.5. The van der Waals surface area contributed by atoms with E-state index >= 15 is 0 Å².